The second-order valence-electron chi connectivity index (χ2n) is 8.24. The summed E-state index contributed by atoms with van der Waals surface area (Å²) in [7, 11) is 4.86. The van der Waals surface area contributed by atoms with E-state index in [1.54, 1.807) is 47.7 Å². The Morgan fingerprint density at radius 2 is 1.68 bits per heavy atom. The summed E-state index contributed by atoms with van der Waals surface area (Å²) in [5, 5.41) is 10.2. The molecule has 2 aromatic heterocycles. The Kier molecular flexibility index (Phi) is 5.84. The lowest BCUT2D eigenvalue weighted by molar-refractivity contribution is -0.137. The number of rotatable bonds is 4. The molecule has 186 valence electrons. The number of fused-ring (bicyclic) bond motifs is 3. The van der Waals surface area contributed by atoms with Gasteiger partial charge in [0, 0.05) is 18.5 Å². The van der Waals surface area contributed by atoms with Crippen LogP contribution in [0.25, 0.3) is 38.8 Å². The second kappa shape index (κ2) is 9.02. The average Bonchev–Trinajstić information content (AvgIpc) is 3.19. The normalized spacial score (nSPS) is 12.2. The van der Waals surface area contributed by atoms with Gasteiger partial charge in [0.2, 0.25) is 11.8 Å². The van der Waals surface area contributed by atoms with Gasteiger partial charge in [-0.25, -0.2) is 0 Å². The lowest BCUT2D eigenvalue weighted by Gasteiger charge is -2.13. The fraction of sp³-hybridized carbons (Fsp3) is 0.148. The number of hydrogen-bond acceptors (Lipinski definition) is 5. The number of benzene rings is 3. The maximum Gasteiger partial charge on any atom is 0.416 e. The van der Waals surface area contributed by atoms with E-state index in [1.807, 2.05) is 24.4 Å². The summed E-state index contributed by atoms with van der Waals surface area (Å²) in [6, 6.07) is 15.8. The van der Waals surface area contributed by atoms with Crippen LogP contribution in [0.2, 0.25) is 0 Å². The molecule has 5 aromatic rings. The minimum absolute atomic E-state index is 0.343. The Hall–Kier alpha value is -4.78. The first-order valence-electron chi connectivity index (χ1n) is 11.1. The Labute approximate surface area is 209 Å². The molecular weight excluding hydrogens is 483 g/mol. The van der Waals surface area contributed by atoms with E-state index in [4.69, 9.17) is 9.47 Å². The van der Waals surface area contributed by atoms with Crippen LogP contribution < -0.4 is 15.1 Å². The van der Waals surface area contributed by atoms with Crippen LogP contribution in [0, 0.1) is 11.5 Å². The molecule has 0 atom stereocenters. The highest BCUT2D eigenvalue weighted by Gasteiger charge is 2.30. The number of nitrogens with zero attached hydrogens (tertiary/aromatic N) is 5. The quantitative estimate of drug-likeness (QED) is 0.299. The van der Waals surface area contributed by atoms with Crippen molar-refractivity contribution in [1.82, 2.24) is 14.1 Å². The van der Waals surface area contributed by atoms with Crippen molar-refractivity contribution in [2.24, 2.45) is 12.0 Å². The number of nitriles is 1. The molecule has 0 saturated heterocycles. The van der Waals surface area contributed by atoms with Gasteiger partial charge in [-0.1, -0.05) is 18.2 Å². The Morgan fingerprint density at radius 3 is 2.32 bits per heavy atom. The van der Waals surface area contributed by atoms with Crippen LogP contribution in [0.5, 0.6) is 11.5 Å². The second-order valence-corrected chi connectivity index (χ2v) is 8.24. The summed E-state index contributed by atoms with van der Waals surface area (Å²) < 4.78 is 53.7. The van der Waals surface area contributed by atoms with Crippen LogP contribution in [-0.4, -0.2) is 28.3 Å². The number of imidazole rings is 1. The summed E-state index contributed by atoms with van der Waals surface area (Å²) in [5.41, 5.74) is 3.66. The number of aromatic nitrogens is 3. The molecule has 7 nitrogen and oxygen atoms in total. The van der Waals surface area contributed by atoms with Crippen LogP contribution in [0.4, 0.5) is 13.2 Å². The van der Waals surface area contributed by atoms with Crippen LogP contribution in [0.1, 0.15) is 5.56 Å². The summed E-state index contributed by atoms with van der Waals surface area (Å²) in [6.45, 7) is 0. The lowest BCUT2D eigenvalue weighted by Crippen LogP contribution is -2.23. The highest BCUT2D eigenvalue weighted by molar-refractivity contribution is 6.04. The third-order valence-electron chi connectivity index (χ3n) is 6.23. The fourth-order valence-electron chi connectivity index (χ4n) is 4.41. The van der Waals surface area contributed by atoms with Crippen molar-refractivity contribution in [2.45, 2.75) is 6.18 Å². The zero-order chi connectivity index (χ0) is 26.3. The van der Waals surface area contributed by atoms with E-state index in [0.717, 1.165) is 17.5 Å². The molecule has 0 saturated carbocycles. The van der Waals surface area contributed by atoms with Gasteiger partial charge in [-0.15, -0.1) is 4.99 Å². The topological polar surface area (TPSA) is 77.4 Å². The third-order valence-corrected chi connectivity index (χ3v) is 6.23. The molecule has 10 heteroatoms. The van der Waals surface area contributed by atoms with Gasteiger partial charge in [-0.2, -0.15) is 18.4 Å². The molecule has 0 bridgehead atoms. The van der Waals surface area contributed by atoms with Crippen LogP contribution in [-0.2, 0) is 13.2 Å². The minimum atomic E-state index is -4.41. The number of aryl methyl sites for hydroxylation is 1. The summed E-state index contributed by atoms with van der Waals surface area (Å²) in [5.74, 6) is 1.09. The maximum atomic E-state index is 13.1. The van der Waals surface area contributed by atoms with Gasteiger partial charge in [0.15, 0.2) is 0 Å². The van der Waals surface area contributed by atoms with Crippen molar-refractivity contribution in [3.8, 4) is 34.5 Å². The van der Waals surface area contributed by atoms with Crippen LogP contribution in [0.3, 0.4) is 0 Å². The Morgan fingerprint density at radius 1 is 0.946 bits per heavy atom. The average molecular weight is 503 g/mol. The first kappa shape index (κ1) is 23.9. The Bertz CT molecular complexity index is 1760. The van der Waals surface area contributed by atoms with Crippen molar-refractivity contribution in [2.75, 3.05) is 14.2 Å². The van der Waals surface area contributed by atoms with Crippen LogP contribution >= 0.6 is 0 Å². The van der Waals surface area contributed by atoms with E-state index in [9.17, 15) is 18.4 Å². The molecule has 0 fully saturated rings. The standard InChI is InChI=1S/C27H20F3N5O2/c1-34-23-14-32-21-10-6-17(16-4-7-18(8-5-16)27(28,29)30)12-20(21)25(23)35(26(34)33-15-31)22-11-9-19(36-2)13-24(22)37-3/h4-14H,1-3H3/b33-26-. The molecule has 0 radical (unpaired) electrons. The minimum Gasteiger partial charge on any atom is -0.497 e. The zero-order valence-corrected chi connectivity index (χ0v) is 20.0. The van der Waals surface area contributed by atoms with Crippen molar-refractivity contribution >= 4 is 21.9 Å². The number of methoxy groups -OCH3 is 2. The van der Waals surface area contributed by atoms with E-state index in [0.29, 0.717) is 50.5 Å². The number of alkyl halides is 3. The number of halogens is 3. The van der Waals surface area contributed by atoms with Gasteiger partial charge < -0.3 is 14.0 Å². The molecular formula is C27H20F3N5O2. The summed E-state index contributed by atoms with van der Waals surface area (Å²) >= 11 is 0. The predicted octanol–water partition coefficient (Wildman–Crippen LogP) is 5.60. The van der Waals surface area contributed by atoms with Crippen LogP contribution in [0.15, 0.2) is 71.9 Å². The molecule has 37 heavy (non-hydrogen) atoms. The molecule has 2 heterocycles. The summed E-state index contributed by atoms with van der Waals surface area (Å²) in [4.78, 5) is 8.64. The van der Waals surface area contributed by atoms with Gasteiger partial charge in [-0.05, 0) is 47.5 Å². The molecule has 0 aliphatic rings. The van der Waals surface area contributed by atoms with Gasteiger partial charge in [0.05, 0.1) is 48.2 Å². The monoisotopic (exact) mass is 503 g/mol. The van der Waals surface area contributed by atoms with Crippen molar-refractivity contribution in [3.63, 3.8) is 0 Å². The number of pyridine rings is 1. The van der Waals surface area contributed by atoms with Gasteiger partial charge in [0.25, 0.3) is 0 Å². The van der Waals surface area contributed by atoms with Crippen molar-refractivity contribution in [3.05, 3.63) is 78.0 Å². The highest BCUT2D eigenvalue weighted by atomic mass is 19.4. The highest BCUT2D eigenvalue weighted by Crippen LogP contribution is 2.35. The largest absolute Gasteiger partial charge is 0.497 e. The molecule has 0 unspecified atom stereocenters. The van der Waals surface area contributed by atoms with Crippen molar-refractivity contribution < 1.29 is 22.6 Å². The first-order chi connectivity index (χ1) is 17.8. The number of ether oxygens (including phenoxy) is 2. The molecule has 0 spiro atoms. The molecule has 5 rings (SSSR count). The zero-order valence-electron chi connectivity index (χ0n) is 20.0. The SMILES string of the molecule is COc1ccc(-n2/c(=N\C#N)n(C)c3cnc4ccc(-c5ccc(C(F)(F)F)cc5)cc4c32)c(OC)c1. The molecule has 0 N–H and O–H groups in total. The summed E-state index contributed by atoms with van der Waals surface area (Å²) in [6.07, 6.45) is -0.854. The molecule has 0 aliphatic heterocycles. The number of hydrogen-bond donors (Lipinski definition) is 0. The molecule has 0 aliphatic carbocycles. The van der Waals surface area contributed by atoms with E-state index in [2.05, 4.69) is 9.98 Å². The lowest BCUT2D eigenvalue weighted by atomic mass is 10.0. The Balaban J connectivity index is 1.84. The molecule has 0 amide bonds. The van der Waals surface area contributed by atoms with Crippen molar-refractivity contribution in [1.29, 1.82) is 5.26 Å². The molecule has 3 aromatic carbocycles. The van der Waals surface area contributed by atoms with E-state index < -0.39 is 11.7 Å². The fourth-order valence-corrected chi connectivity index (χ4v) is 4.41. The third kappa shape index (κ3) is 4.04. The van der Waals surface area contributed by atoms with Gasteiger partial charge in [-0.3, -0.25) is 9.55 Å². The van der Waals surface area contributed by atoms with Gasteiger partial charge in [0.1, 0.15) is 11.5 Å². The first-order valence-corrected chi connectivity index (χ1v) is 11.1. The maximum absolute atomic E-state index is 13.1. The van der Waals surface area contributed by atoms with E-state index >= 15 is 0 Å². The predicted molar refractivity (Wildman–Crippen MR) is 132 cm³/mol. The van der Waals surface area contributed by atoms with E-state index in [1.165, 1.54) is 19.2 Å². The van der Waals surface area contributed by atoms with Gasteiger partial charge >= 0.3 is 6.18 Å². The smallest absolute Gasteiger partial charge is 0.416 e. The van der Waals surface area contributed by atoms with E-state index in [-0.39, 0.29) is 0 Å².